The maximum absolute atomic E-state index is 6.24. The van der Waals surface area contributed by atoms with Crippen LogP contribution in [0.3, 0.4) is 0 Å². The predicted molar refractivity (Wildman–Crippen MR) is 79.4 cm³/mol. The first-order chi connectivity index (χ1) is 8.69. The van der Waals surface area contributed by atoms with E-state index in [1.165, 1.54) is 36.1 Å². The first-order valence-electron chi connectivity index (χ1n) is 7.18. The molecule has 1 aromatic heterocycles. The van der Waals surface area contributed by atoms with Crippen molar-refractivity contribution >= 4 is 22.9 Å². The Bertz CT molecular complexity index is 399. The van der Waals surface area contributed by atoms with Gasteiger partial charge in [0.15, 0.2) is 0 Å². The second kappa shape index (κ2) is 5.15. The monoisotopic (exact) mass is 283 g/mol. The summed E-state index contributed by atoms with van der Waals surface area (Å²) < 4.78 is 0.969. The summed E-state index contributed by atoms with van der Waals surface area (Å²) in [4.78, 5) is 1.46. The van der Waals surface area contributed by atoms with Crippen molar-refractivity contribution < 1.29 is 0 Å². The van der Waals surface area contributed by atoms with E-state index in [2.05, 4.69) is 25.2 Å². The molecule has 2 aliphatic rings. The highest BCUT2D eigenvalue weighted by atomic mass is 35.5. The Balaban J connectivity index is 1.75. The Morgan fingerprint density at radius 1 is 1.39 bits per heavy atom. The number of thiophene rings is 1. The van der Waals surface area contributed by atoms with Gasteiger partial charge in [-0.25, -0.2) is 0 Å². The quantitative estimate of drug-likeness (QED) is 0.819. The van der Waals surface area contributed by atoms with Crippen molar-refractivity contribution in [3.8, 4) is 0 Å². The molecule has 0 bridgehead atoms. The Hall–Kier alpha value is -0.0500. The molecule has 2 saturated carbocycles. The molecule has 1 nitrogen and oxygen atoms in total. The zero-order valence-corrected chi connectivity index (χ0v) is 12.8. The first-order valence-corrected chi connectivity index (χ1v) is 8.37. The van der Waals surface area contributed by atoms with Crippen LogP contribution in [0, 0.1) is 24.7 Å². The van der Waals surface area contributed by atoms with E-state index < -0.39 is 0 Å². The zero-order valence-electron chi connectivity index (χ0n) is 11.2. The third kappa shape index (κ3) is 2.48. The van der Waals surface area contributed by atoms with Crippen LogP contribution in [-0.2, 0) is 0 Å². The summed E-state index contributed by atoms with van der Waals surface area (Å²) in [6.45, 7) is 5.47. The van der Waals surface area contributed by atoms with E-state index in [0.29, 0.717) is 6.04 Å². The van der Waals surface area contributed by atoms with Crippen LogP contribution in [0.25, 0.3) is 0 Å². The van der Waals surface area contributed by atoms with Gasteiger partial charge in [-0.1, -0.05) is 18.5 Å². The molecule has 3 heteroatoms. The molecule has 2 aliphatic carbocycles. The molecule has 1 aromatic rings. The van der Waals surface area contributed by atoms with Gasteiger partial charge in [0.1, 0.15) is 0 Å². The third-order valence-electron chi connectivity index (χ3n) is 4.55. The number of hydrogen-bond acceptors (Lipinski definition) is 2. The summed E-state index contributed by atoms with van der Waals surface area (Å²) in [6, 6.07) is 2.85. The normalized spacial score (nSPS) is 31.4. The van der Waals surface area contributed by atoms with Crippen LogP contribution in [0.4, 0.5) is 0 Å². The molecule has 0 spiro atoms. The summed E-state index contributed by atoms with van der Waals surface area (Å²) in [5.74, 6) is 2.95. The fourth-order valence-electron chi connectivity index (χ4n) is 3.47. The average Bonchev–Trinajstić information content (AvgIpc) is 2.81. The molecule has 0 radical (unpaired) electrons. The van der Waals surface area contributed by atoms with Crippen LogP contribution < -0.4 is 5.32 Å². The van der Waals surface area contributed by atoms with Crippen LogP contribution in [0.5, 0.6) is 0 Å². The van der Waals surface area contributed by atoms with E-state index >= 15 is 0 Å². The number of fused-ring (bicyclic) bond motifs is 1. The van der Waals surface area contributed by atoms with E-state index in [0.717, 1.165) is 28.6 Å². The minimum atomic E-state index is 0.550. The number of rotatable bonds is 5. The molecule has 2 fully saturated rings. The Morgan fingerprint density at radius 2 is 2.11 bits per heavy atom. The van der Waals surface area contributed by atoms with Gasteiger partial charge >= 0.3 is 0 Å². The zero-order chi connectivity index (χ0) is 12.7. The summed E-state index contributed by atoms with van der Waals surface area (Å²) in [6.07, 6.45) is 5.57. The molecule has 3 rings (SSSR count). The predicted octanol–water partition coefficient (Wildman–Crippen LogP) is 4.80. The number of nitrogens with one attached hydrogen (secondary N) is 1. The Labute approximate surface area is 119 Å². The molecule has 18 heavy (non-hydrogen) atoms. The van der Waals surface area contributed by atoms with Crippen molar-refractivity contribution in [2.24, 2.45) is 17.8 Å². The molecule has 0 amide bonds. The topological polar surface area (TPSA) is 12.0 Å². The lowest BCUT2D eigenvalue weighted by molar-refractivity contribution is 0.346. The van der Waals surface area contributed by atoms with Crippen LogP contribution in [-0.4, -0.2) is 6.54 Å². The van der Waals surface area contributed by atoms with Gasteiger partial charge in [0, 0.05) is 10.9 Å². The second-order valence-electron chi connectivity index (χ2n) is 6.02. The number of aryl methyl sites for hydroxylation is 1. The Kier molecular flexibility index (Phi) is 3.70. The van der Waals surface area contributed by atoms with Crippen molar-refractivity contribution in [1.29, 1.82) is 0 Å². The van der Waals surface area contributed by atoms with Gasteiger partial charge in [0.05, 0.1) is 4.34 Å². The number of hydrogen-bond donors (Lipinski definition) is 1. The van der Waals surface area contributed by atoms with Gasteiger partial charge in [0.25, 0.3) is 0 Å². The van der Waals surface area contributed by atoms with Gasteiger partial charge in [-0.15, -0.1) is 11.3 Å². The molecule has 3 atom stereocenters. The van der Waals surface area contributed by atoms with E-state index in [-0.39, 0.29) is 0 Å². The SMILES string of the molecule is CCCNC(c1cc(C)c(Cl)s1)C1CC2CC2C1. The largest absolute Gasteiger partial charge is 0.309 e. The number of halogens is 1. The van der Waals surface area contributed by atoms with E-state index in [9.17, 15) is 0 Å². The fourth-order valence-corrected chi connectivity index (χ4v) is 4.86. The van der Waals surface area contributed by atoms with Crippen LogP contribution in [0.2, 0.25) is 4.34 Å². The van der Waals surface area contributed by atoms with Crippen molar-refractivity contribution in [2.45, 2.75) is 45.6 Å². The van der Waals surface area contributed by atoms with Gasteiger partial charge < -0.3 is 5.32 Å². The lowest BCUT2D eigenvalue weighted by atomic mass is 9.93. The minimum absolute atomic E-state index is 0.550. The van der Waals surface area contributed by atoms with E-state index in [1.54, 1.807) is 11.3 Å². The second-order valence-corrected chi connectivity index (χ2v) is 7.71. The standard InChI is InChI=1S/C15H22ClNS/c1-3-4-17-14(12-7-10-6-11(10)8-12)13-5-9(2)15(16)18-13/h5,10-12,14,17H,3-4,6-8H2,1-2H3. The summed E-state index contributed by atoms with van der Waals surface area (Å²) in [5, 5.41) is 3.76. The molecule has 100 valence electrons. The maximum atomic E-state index is 6.24. The molecule has 0 aliphatic heterocycles. The molecule has 1 N–H and O–H groups in total. The molecular weight excluding hydrogens is 262 g/mol. The van der Waals surface area contributed by atoms with E-state index in [1.807, 2.05) is 0 Å². The summed E-state index contributed by atoms with van der Waals surface area (Å²) >= 11 is 8.02. The summed E-state index contributed by atoms with van der Waals surface area (Å²) in [5.41, 5.74) is 1.24. The first kappa shape index (κ1) is 13.0. The highest BCUT2D eigenvalue weighted by Crippen LogP contribution is 2.57. The lowest BCUT2D eigenvalue weighted by Gasteiger charge is -2.25. The molecule has 1 heterocycles. The molecular formula is C15H22ClNS. The molecule has 0 aromatic carbocycles. The van der Waals surface area contributed by atoms with Gasteiger partial charge in [-0.2, -0.15) is 0 Å². The average molecular weight is 284 g/mol. The van der Waals surface area contributed by atoms with Crippen molar-refractivity contribution in [2.75, 3.05) is 6.54 Å². The lowest BCUT2D eigenvalue weighted by Crippen LogP contribution is -2.27. The Morgan fingerprint density at radius 3 is 2.67 bits per heavy atom. The van der Waals surface area contributed by atoms with Crippen LogP contribution in [0.1, 0.15) is 49.1 Å². The van der Waals surface area contributed by atoms with Gasteiger partial charge in [-0.05, 0) is 68.5 Å². The van der Waals surface area contributed by atoms with Gasteiger partial charge in [0.2, 0.25) is 0 Å². The molecule has 0 saturated heterocycles. The summed E-state index contributed by atoms with van der Waals surface area (Å²) in [7, 11) is 0. The highest BCUT2D eigenvalue weighted by molar-refractivity contribution is 7.16. The van der Waals surface area contributed by atoms with Crippen molar-refractivity contribution in [1.82, 2.24) is 5.32 Å². The van der Waals surface area contributed by atoms with Crippen LogP contribution >= 0.6 is 22.9 Å². The van der Waals surface area contributed by atoms with Crippen LogP contribution in [0.15, 0.2) is 6.07 Å². The maximum Gasteiger partial charge on any atom is 0.0960 e. The fraction of sp³-hybridized carbons (Fsp3) is 0.733. The van der Waals surface area contributed by atoms with Gasteiger partial charge in [-0.3, -0.25) is 0 Å². The smallest absolute Gasteiger partial charge is 0.0960 e. The van der Waals surface area contributed by atoms with Crippen molar-refractivity contribution in [3.05, 3.63) is 20.8 Å². The van der Waals surface area contributed by atoms with Crippen molar-refractivity contribution in [3.63, 3.8) is 0 Å². The minimum Gasteiger partial charge on any atom is -0.309 e. The van der Waals surface area contributed by atoms with E-state index in [4.69, 9.17) is 11.6 Å². The highest BCUT2D eigenvalue weighted by Gasteiger charge is 2.48. The third-order valence-corrected chi connectivity index (χ3v) is 6.19. The molecule has 3 unspecified atom stereocenters.